The highest BCUT2D eigenvalue weighted by molar-refractivity contribution is 8.13. The minimum Gasteiger partial charge on any atom is -0.416 e. The maximum absolute atomic E-state index is 13.7. The van der Waals surface area contributed by atoms with Crippen LogP contribution in [0.1, 0.15) is 5.56 Å². The maximum Gasteiger partial charge on any atom is 0.417 e. The smallest absolute Gasteiger partial charge is 0.416 e. The number of aromatic nitrogens is 2. The molecule has 0 aliphatic rings. The summed E-state index contributed by atoms with van der Waals surface area (Å²) in [6.07, 6.45) is -4.59. The van der Waals surface area contributed by atoms with Crippen molar-refractivity contribution in [2.45, 2.75) is 11.1 Å². The van der Waals surface area contributed by atoms with Gasteiger partial charge in [0.1, 0.15) is 0 Å². The number of rotatable bonds is 4. The van der Waals surface area contributed by atoms with Gasteiger partial charge in [-0.2, -0.15) is 13.2 Å². The van der Waals surface area contributed by atoms with Crippen molar-refractivity contribution in [3.8, 4) is 34.0 Å². The molecule has 0 aliphatic carbocycles. The minimum absolute atomic E-state index is 0.0224. The van der Waals surface area contributed by atoms with Crippen molar-refractivity contribution >= 4 is 19.7 Å². The van der Waals surface area contributed by atoms with Crippen LogP contribution in [0.15, 0.2) is 82.1 Å². The first-order valence-electron chi connectivity index (χ1n) is 8.78. The average molecular weight is 465 g/mol. The summed E-state index contributed by atoms with van der Waals surface area (Å²) in [5, 5.41) is 7.68. The van der Waals surface area contributed by atoms with Crippen molar-refractivity contribution in [2.24, 2.45) is 0 Å². The topological polar surface area (TPSA) is 73.1 Å². The van der Waals surface area contributed by atoms with Gasteiger partial charge in [0.15, 0.2) is 0 Å². The van der Waals surface area contributed by atoms with E-state index >= 15 is 0 Å². The van der Waals surface area contributed by atoms with E-state index in [2.05, 4.69) is 10.2 Å². The largest absolute Gasteiger partial charge is 0.417 e. The lowest BCUT2D eigenvalue weighted by Gasteiger charge is -2.14. The summed E-state index contributed by atoms with van der Waals surface area (Å²) in [6, 6.07) is 17.4. The van der Waals surface area contributed by atoms with Gasteiger partial charge in [0.05, 0.1) is 10.5 Å². The predicted molar refractivity (Wildman–Crippen MR) is 109 cm³/mol. The van der Waals surface area contributed by atoms with Gasteiger partial charge in [-0.05, 0) is 47.5 Å². The Morgan fingerprint density at radius 3 is 1.94 bits per heavy atom. The Bertz CT molecular complexity index is 1340. The van der Waals surface area contributed by atoms with Gasteiger partial charge in [0.2, 0.25) is 11.8 Å². The van der Waals surface area contributed by atoms with Gasteiger partial charge in [-0.1, -0.05) is 36.4 Å². The normalized spacial score (nSPS) is 12.1. The molecule has 3 aromatic carbocycles. The third-order valence-corrected chi connectivity index (χ3v) is 5.83. The maximum atomic E-state index is 13.7. The van der Waals surface area contributed by atoms with Crippen molar-refractivity contribution in [3.63, 3.8) is 0 Å². The first-order chi connectivity index (χ1) is 14.6. The van der Waals surface area contributed by atoms with Crippen LogP contribution < -0.4 is 0 Å². The second-order valence-electron chi connectivity index (χ2n) is 6.50. The number of hydrogen-bond acceptors (Lipinski definition) is 5. The lowest BCUT2D eigenvalue weighted by molar-refractivity contribution is -0.137. The summed E-state index contributed by atoms with van der Waals surface area (Å²) in [5.74, 6) is -0.0802. The molecule has 0 unspecified atom stereocenters. The molecule has 4 aromatic rings. The number of hydrogen-bond donors (Lipinski definition) is 0. The van der Waals surface area contributed by atoms with E-state index in [1.165, 1.54) is 36.4 Å². The fourth-order valence-corrected chi connectivity index (χ4v) is 3.77. The molecule has 0 saturated carbocycles. The lowest BCUT2D eigenvalue weighted by Crippen LogP contribution is -2.07. The van der Waals surface area contributed by atoms with Crippen LogP contribution in [0.2, 0.25) is 0 Å². The Morgan fingerprint density at radius 1 is 0.774 bits per heavy atom. The first-order valence-corrected chi connectivity index (χ1v) is 11.1. The third kappa shape index (κ3) is 4.47. The minimum atomic E-state index is -4.59. The molecule has 1 aromatic heterocycles. The van der Waals surface area contributed by atoms with Gasteiger partial charge in [-0.15, -0.1) is 10.2 Å². The van der Waals surface area contributed by atoms with Crippen molar-refractivity contribution in [1.29, 1.82) is 0 Å². The van der Waals surface area contributed by atoms with Crippen LogP contribution in [0.5, 0.6) is 0 Å². The van der Waals surface area contributed by atoms with Gasteiger partial charge in [0, 0.05) is 21.8 Å². The molecule has 31 heavy (non-hydrogen) atoms. The van der Waals surface area contributed by atoms with Crippen LogP contribution in [0, 0.1) is 0 Å². The molecular weight excluding hydrogens is 453 g/mol. The molecule has 10 heteroatoms. The Kier molecular flexibility index (Phi) is 5.32. The Labute approximate surface area is 179 Å². The van der Waals surface area contributed by atoms with E-state index in [0.717, 1.165) is 6.07 Å². The van der Waals surface area contributed by atoms with Crippen LogP contribution in [0.4, 0.5) is 13.2 Å². The molecule has 0 radical (unpaired) electrons. The van der Waals surface area contributed by atoms with E-state index in [0.29, 0.717) is 11.1 Å². The molecule has 0 fully saturated rings. The molecule has 0 aliphatic heterocycles. The van der Waals surface area contributed by atoms with Crippen LogP contribution in [0.25, 0.3) is 34.0 Å². The van der Waals surface area contributed by atoms with Crippen molar-refractivity contribution in [3.05, 3.63) is 78.4 Å². The molecule has 5 nitrogen and oxygen atoms in total. The summed E-state index contributed by atoms with van der Waals surface area (Å²) in [5.41, 5.74) is 0.134. The van der Waals surface area contributed by atoms with Crippen LogP contribution in [-0.4, -0.2) is 18.6 Å². The molecule has 0 amide bonds. The summed E-state index contributed by atoms with van der Waals surface area (Å²) in [4.78, 5) is -0.107. The van der Waals surface area contributed by atoms with Gasteiger partial charge < -0.3 is 4.42 Å². The third-order valence-electron chi connectivity index (χ3n) is 4.46. The van der Waals surface area contributed by atoms with Crippen LogP contribution in [-0.2, 0) is 15.2 Å². The second-order valence-corrected chi connectivity index (χ2v) is 9.06. The fourth-order valence-electron chi connectivity index (χ4n) is 3.00. The average Bonchev–Trinajstić information content (AvgIpc) is 3.23. The summed E-state index contributed by atoms with van der Waals surface area (Å²) in [6.45, 7) is 0. The molecule has 0 N–H and O–H groups in total. The Balaban J connectivity index is 1.72. The fraction of sp³-hybridized carbons (Fsp3) is 0.0476. The molecule has 0 bridgehead atoms. The molecule has 0 atom stereocenters. The van der Waals surface area contributed by atoms with Crippen LogP contribution in [0.3, 0.4) is 0 Å². The van der Waals surface area contributed by atoms with Gasteiger partial charge >= 0.3 is 6.18 Å². The Morgan fingerprint density at radius 2 is 1.35 bits per heavy atom. The number of benzene rings is 3. The molecule has 0 spiro atoms. The van der Waals surface area contributed by atoms with E-state index in [1.807, 2.05) is 0 Å². The highest BCUT2D eigenvalue weighted by atomic mass is 35.7. The second kappa shape index (κ2) is 7.82. The van der Waals surface area contributed by atoms with Crippen molar-refractivity contribution in [2.75, 3.05) is 0 Å². The zero-order chi connectivity index (χ0) is 22.2. The zero-order valence-corrected chi connectivity index (χ0v) is 17.0. The van der Waals surface area contributed by atoms with E-state index in [-0.39, 0.29) is 27.8 Å². The molecule has 4 rings (SSSR count). The van der Waals surface area contributed by atoms with E-state index in [1.54, 1.807) is 30.3 Å². The summed E-state index contributed by atoms with van der Waals surface area (Å²) in [7, 11) is 1.39. The van der Waals surface area contributed by atoms with E-state index in [9.17, 15) is 21.6 Å². The number of nitrogens with zero attached hydrogens (tertiary/aromatic N) is 2. The highest BCUT2D eigenvalue weighted by Crippen LogP contribution is 2.39. The highest BCUT2D eigenvalue weighted by Gasteiger charge is 2.34. The first kappa shape index (κ1) is 21.1. The van der Waals surface area contributed by atoms with Crippen molar-refractivity contribution in [1.82, 2.24) is 10.2 Å². The standard InChI is InChI=1S/C21H12ClF3N2O3S/c22-31(28,29)16-9-6-14(7-10-16)19-26-27-20(30-19)15-8-11-17(13-4-2-1-3-5-13)18(12-15)21(23,24)25/h1-12H. The Hall–Kier alpha value is -3.17. The molecule has 158 valence electrons. The summed E-state index contributed by atoms with van der Waals surface area (Å²) >= 11 is 0. The lowest BCUT2D eigenvalue weighted by atomic mass is 9.97. The van der Waals surface area contributed by atoms with Crippen LogP contribution >= 0.6 is 10.7 Å². The van der Waals surface area contributed by atoms with Crippen molar-refractivity contribution < 1.29 is 26.0 Å². The molecular formula is C21H12ClF3N2O3S. The SMILES string of the molecule is O=S(=O)(Cl)c1ccc(-c2nnc(-c3ccc(-c4ccccc4)c(C(F)(F)F)c3)o2)cc1. The number of alkyl halides is 3. The monoisotopic (exact) mass is 464 g/mol. The predicted octanol–water partition coefficient (Wildman–Crippen LogP) is 6.02. The van der Waals surface area contributed by atoms with E-state index < -0.39 is 20.8 Å². The van der Waals surface area contributed by atoms with Gasteiger partial charge in [-0.3, -0.25) is 0 Å². The van der Waals surface area contributed by atoms with Gasteiger partial charge in [-0.25, -0.2) is 8.42 Å². The summed E-state index contributed by atoms with van der Waals surface area (Å²) < 4.78 is 69.3. The van der Waals surface area contributed by atoms with Gasteiger partial charge in [0.25, 0.3) is 9.05 Å². The molecule has 0 saturated heterocycles. The quantitative estimate of drug-likeness (QED) is 0.345. The number of halogens is 4. The van der Waals surface area contributed by atoms with E-state index in [4.69, 9.17) is 15.1 Å². The molecule has 1 heterocycles. The zero-order valence-electron chi connectivity index (χ0n) is 15.5.